The Morgan fingerprint density at radius 1 is 1.00 bits per heavy atom. The van der Waals surface area contributed by atoms with E-state index in [4.69, 9.17) is 21.1 Å². The van der Waals surface area contributed by atoms with Crippen molar-refractivity contribution in [3.8, 4) is 5.75 Å². The lowest BCUT2D eigenvalue weighted by atomic mass is 9.99. The molecule has 2 atom stereocenters. The molecule has 32 heavy (non-hydrogen) atoms. The van der Waals surface area contributed by atoms with E-state index >= 15 is 0 Å². The monoisotopic (exact) mass is 460 g/mol. The van der Waals surface area contributed by atoms with Gasteiger partial charge in [0.25, 0.3) is 17.7 Å². The Bertz CT molecular complexity index is 977. The summed E-state index contributed by atoms with van der Waals surface area (Å²) >= 11 is 5.83. The van der Waals surface area contributed by atoms with Crippen LogP contribution >= 0.6 is 11.6 Å². The highest BCUT2D eigenvalue weighted by Gasteiger charge is 2.28. The minimum atomic E-state index is -0.971. The Kier molecular flexibility index (Phi) is 9.22. The van der Waals surface area contributed by atoms with Crippen LogP contribution in [0.3, 0.4) is 0 Å². The summed E-state index contributed by atoms with van der Waals surface area (Å²) in [5, 5.41) is 5.26. The quantitative estimate of drug-likeness (QED) is 0.556. The molecule has 3 amide bonds. The molecule has 170 valence electrons. The van der Waals surface area contributed by atoms with Crippen LogP contribution in [0.5, 0.6) is 5.75 Å². The summed E-state index contributed by atoms with van der Waals surface area (Å²) in [5.41, 5.74) is 0.498. The maximum absolute atomic E-state index is 12.6. The van der Waals surface area contributed by atoms with E-state index in [2.05, 4.69) is 10.6 Å². The van der Waals surface area contributed by atoms with Crippen molar-refractivity contribution in [2.24, 2.45) is 5.92 Å². The van der Waals surface area contributed by atoms with Gasteiger partial charge < -0.3 is 14.8 Å². The Hall–Kier alpha value is -3.39. The Balaban J connectivity index is 1.97. The van der Waals surface area contributed by atoms with Gasteiger partial charge in [0.05, 0.1) is 12.7 Å². The minimum absolute atomic E-state index is 0.169. The van der Waals surface area contributed by atoms with E-state index in [1.54, 1.807) is 37.3 Å². The van der Waals surface area contributed by atoms with E-state index in [1.165, 1.54) is 25.3 Å². The molecule has 8 nitrogen and oxygen atoms in total. The van der Waals surface area contributed by atoms with Crippen LogP contribution in [-0.2, 0) is 14.3 Å². The molecule has 0 fully saturated rings. The van der Waals surface area contributed by atoms with Crippen molar-refractivity contribution in [1.82, 2.24) is 10.6 Å². The Morgan fingerprint density at radius 3 is 2.28 bits per heavy atom. The number of para-hydroxylation sites is 1. The lowest BCUT2D eigenvalue weighted by molar-refractivity contribution is -0.151. The Labute approximate surface area is 191 Å². The maximum atomic E-state index is 12.6. The first-order chi connectivity index (χ1) is 15.3. The number of hydrogen-bond donors (Lipinski definition) is 2. The maximum Gasteiger partial charge on any atom is 0.329 e. The predicted octanol–water partition coefficient (Wildman–Crippen LogP) is 2.99. The fourth-order valence-electron chi connectivity index (χ4n) is 2.78. The van der Waals surface area contributed by atoms with Gasteiger partial charge in [-0.3, -0.25) is 19.7 Å². The van der Waals surface area contributed by atoms with Crippen LogP contribution in [0.25, 0.3) is 0 Å². The van der Waals surface area contributed by atoms with Gasteiger partial charge >= 0.3 is 5.97 Å². The molecule has 0 radical (unpaired) electrons. The van der Waals surface area contributed by atoms with Gasteiger partial charge in [0, 0.05) is 10.6 Å². The molecule has 0 saturated heterocycles. The number of amides is 3. The van der Waals surface area contributed by atoms with Crippen molar-refractivity contribution >= 4 is 35.3 Å². The van der Waals surface area contributed by atoms with Crippen molar-refractivity contribution in [3.05, 3.63) is 64.7 Å². The summed E-state index contributed by atoms with van der Waals surface area (Å²) in [6.45, 7) is 2.96. The molecule has 9 heteroatoms. The summed E-state index contributed by atoms with van der Waals surface area (Å²) in [4.78, 5) is 49.5. The number of rotatable bonds is 9. The van der Waals surface area contributed by atoms with E-state index in [0.29, 0.717) is 22.8 Å². The molecule has 2 aromatic carbocycles. The van der Waals surface area contributed by atoms with Crippen LogP contribution in [0.1, 0.15) is 41.0 Å². The van der Waals surface area contributed by atoms with E-state index in [0.717, 1.165) is 0 Å². The number of carbonyl (C=O) groups excluding carboxylic acids is 4. The van der Waals surface area contributed by atoms with Gasteiger partial charge in [-0.25, -0.2) is 4.79 Å². The Morgan fingerprint density at radius 2 is 1.66 bits per heavy atom. The summed E-state index contributed by atoms with van der Waals surface area (Å²) in [7, 11) is 1.41. The second kappa shape index (κ2) is 11.9. The highest BCUT2D eigenvalue weighted by atomic mass is 35.5. The molecule has 0 aliphatic heterocycles. The number of methoxy groups -OCH3 is 1. The van der Waals surface area contributed by atoms with Gasteiger partial charge in [-0.15, -0.1) is 0 Å². The molecule has 0 aliphatic carbocycles. The van der Waals surface area contributed by atoms with Crippen molar-refractivity contribution in [1.29, 1.82) is 0 Å². The van der Waals surface area contributed by atoms with E-state index in [1.807, 2.05) is 6.92 Å². The van der Waals surface area contributed by atoms with E-state index < -0.39 is 36.3 Å². The van der Waals surface area contributed by atoms with E-state index in [9.17, 15) is 19.2 Å². The fraction of sp³-hybridized carbons (Fsp3) is 0.304. The van der Waals surface area contributed by atoms with Gasteiger partial charge in [-0.1, -0.05) is 44.0 Å². The highest BCUT2D eigenvalue weighted by Crippen LogP contribution is 2.17. The number of ether oxygens (including phenoxy) is 2. The first-order valence-electron chi connectivity index (χ1n) is 9.97. The smallest absolute Gasteiger partial charge is 0.329 e. The van der Waals surface area contributed by atoms with Gasteiger partial charge in [0.15, 0.2) is 6.61 Å². The van der Waals surface area contributed by atoms with Crippen LogP contribution in [0.2, 0.25) is 5.02 Å². The van der Waals surface area contributed by atoms with Crippen LogP contribution in [0.15, 0.2) is 48.5 Å². The molecular formula is C23H25ClN2O6. The number of esters is 1. The summed E-state index contributed by atoms with van der Waals surface area (Å²) < 4.78 is 10.2. The number of benzene rings is 2. The third kappa shape index (κ3) is 6.81. The molecule has 0 aromatic heterocycles. The first-order valence-corrected chi connectivity index (χ1v) is 10.3. The van der Waals surface area contributed by atoms with Gasteiger partial charge in [-0.05, 0) is 42.3 Å². The zero-order valence-corrected chi connectivity index (χ0v) is 18.8. The zero-order valence-electron chi connectivity index (χ0n) is 18.0. The largest absolute Gasteiger partial charge is 0.496 e. The normalized spacial score (nSPS) is 12.2. The minimum Gasteiger partial charge on any atom is -0.496 e. The molecule has 0 unspecified atom stereocenters. The number of carbonyl (C=O) groups is 4. The molecule has 0 saturated carbocycles. The van der Waals surface area contributed by atoms with E-state index in [-0.39, 0.29) is 11.5 Å². The molecule has 0 bridgehead atoms. The number of hydrogen-bond acceptors (Lipinski definition) is 6. The number of imide groups is 1. The number of halogens is 1. The van der Waals surface area contributed by atoms with Crippen LogP contribution < -0.4 is 15.4 Å². The summed E-state index contributed by atoms with van der Waals surface area (Å²) in [6, 6.07) is 11.6. The third-order valence-electron chi connectivity index (χ3n) is 4.81. The lowest BCUT2D eigenvalue weighted by Crippen LogP contribution is -2.47. The molecule has 0 spiro atoms. The van der Waals surface area contributed by atoms with Crippen LogP contribution in [0, 0.1) is 5.92 Å². The summed E-state index contributed by atoms with van der Waals surface area (Å²) in [5.74, 6) is -2.69. The van der Waals surface area contributed by atoms with Crippen LogP contribution in [-0.4, -0.2) is 43.4 Å². The van der Waals surface area contributed by atoms with Crippen molar-refractivity contribution in [2.45, 2.75) is 26.3 Å². The molecule has 2 aromatic rings. The molecule has 2 N–H and O–H groups in total. The SMILES string of the molecule is CC[C@H](C)[C@H](NC(=O)c1ccc(Cl)cc1)C(=O)OCC(=O)NC(=O)c1ccccc1OC. The standard InChI is InChI=1S/C23H25ClN2O6/c1-4-14(2)20(26-21(28)15-9-11-16(24)12-10-15)23(30)32-13-19(27)25-22(29)17-7-5-6-8-18(17)31-3/h5-12,14,20H,4,13H2,1-3H3,(H,26,28)(H,25,27,29)/t14-,20-/m0/s1. The summed E-state index contributed by atoms with van der Waals surface area (Å²) in [6.07, 6.45) is 0.582. The van der Waals surface area contributed by atoms with Crippen molar-refractivity contribution in [3.63, 3.8) is 0 Å². The second-order valence-corrected chi connectivity index (χ2v) is 7.47. The van der Waals surface area contributed by atoms with Gasteiger partial charge in [0.1, 0.15) is 11.8 Å². The molecule has 0 aliphatic rings. The zero-order chi connectivity index (χ0) is 23.7. The van der Waals surface area contributed by atoms with Crippen LogP contribution in [0.4, 0.5) is 0 Å². The number of nitrogens with one attached hydrogen (secondary N) is 2. The van der Waals surface area contributed by atoms with Crippen molar-refractivity contribution in [2.75, 3.05) is 13.7 Å². The first kappa shape index (κ1) is 24.9. The predicted molar refractivity (Wildman–Crippen MR) is 119 cm³/mol. The highest BCUT2D eigenvalue weighted by molar-refractivity contribution is 6.30. The third-order valence-corrected chi connectivity index (χ3v) is 5.06. The average Bonchev–Trinajstić information content (AvgIpc) is 2.80. The topological polar surface area (TPSA) is 111 Å². The van der Waals surface area contributed by atoms with Gasteiger partial charge in [-0.2, -0.15) is 0 Å². The second-order valence-electron chi connectivity index (χ2n) is 7.03. The van der Waals surface area contributed by atoms with Crippen molar-refractivity contribution < 1.29 is 28.7 Å². The fourth-order valence-corrected chi connectivity index (χ4v) is 2.91. The van der Waals surface area contributed by atoms with Gasteiger partial charge in [0.2, 0.25) is 0 Å². The average molecular weight is 461 g/mol. The lowest BCUT2D eigenvalue weighted by Gasteiger charge is -2.22. The molecule has 2 rings (SSSR count). The molecule has 0 heterocycles. The molecular weight excluding hydrogens is 436 g/mol.